The number of aryl methyl sites for hydroxylation is 1. The fourth-order valence-electron chi connectivity index (χ4n) is 6.78. The molecule has 186 valence electrons. The average molecular weight is 485 g/mol. The molecule has 0 unspecified atom stereocenters. The Balaban J connectivity index is 1.25. The highest BCUT2D eigenvalue weighted by Gasteiger charge is 2.42. The number of pyridine rings is 2. The molecular weight excluding hydrogens is 452 g/mol. The molecule has 3 aromatic heterocycles. The van der Waals surface area contributed by atoms with Gasteiger partial charge in [-0.1, -0.05) is 6.07 Å². The summed E-state index contributed by atoms with van der Waals surface area (Å²) in [5.41, 5.74) is 3.41. The Labute approximate surface area is 210 Å². The maximum Gasteiger partial charge on any atom is 0.260 e. The lowest BCUT2D eigenvalue weighted by Crippen LogP contribution is -2.30. The molecule has 0 saturated carbocycles. The quantitative estimate of drug-likeness (QED) is 0.593. The van der Waals surface area contributed by atoms with Crippen LogP contribution in [-0.4, -0.2) is 49.8 Å². The van der Waals surface area contributed by atoms with Gasteiger partial charge < -0.3 is 14.8 Å². The maximum atomic E-state index is 13.8. The lowest BCUT2D eigenvalue weighted by molar-refractivity contribution is 0.0996. The minimum Gasteiger partial charge on any atom is -0.351 e. The molecule has 7 rings (SSSR count). The molecule has 7 heterocycles. The SMILES string of the molecule is CNCc1nc(N2C3CCC2CC3)cc2c1CN(c1cccc(-c3nnc4n3C(C)(C)CC4)n1)C2=O. The van der Waals surface area contributed by atoms with E-state index in [0.717, 1.165) is 52.8 Å². The molecule has 9 nitrogen and oxygen atoms in total. The molecule has 2 bridgehead atoms. The van der Waals surface area contributed by atoms with Gasteiger partial charge in [-0.25, -0.2) is 9.97 Å². The molecule has 4 aliphatic heterocycles. The second-order valence-electron chi connectivity index (χ2n) is 11.2. The number of nitrogens with zero attached hydrogens (tertiary/aromatic N) is 7. The summed E-state index contributed by atoms with van der Waals surface area (Å²) in [6.45, 7) is 5.53. The number of aromatic nitrogens is 5. The van der Waals surface area contributed by atoms with Crippen molar-refractivity contribution in [2.45, 2.75) is 83.1 Å². The van der Waals surface area contributed by atoms with Gasteiger partial charge in [-0.2, -0.15) is 0 Å². The molecule has 0 aliphatic carbocycles. The molecule has 36 heavy (non-hydrogen) atoms. The first-order valence-corrected chi connectivity index (χ1v) is 13.1. The highest BCUT2D eigenvalue weighted by atomic mass is 16.2. The minimum atomic E-state index is -0.0509. The van der Waals surface area contributed by atoms with Crippen LogP contribution < -0.4 is 15.1 Å². The molecule has 1 amide bonds. The van der Waals surface area contributed by atoms with Crippen LogP contribution in [0.3, 0.4) is 0 Å². The van der Waals surface area contributed by atoms with Gasteiger partial charge in [0.2, 0.25) is 0 Å². The van der Waals surface area contributed by atoms with E-state index in [2.05, 4.69) is 38.8 Å². The van der Waals surface area contributed by atoms with Gasteiger partial charge >= 0.3 is 0 Å². The van der Waals surface area contributed by atoms with Crippen LogP contribution >= 0.6 is 0 Å². The van der Waals surface area contributed by atoms with E-state index in [1.54, 1.807) is 4.90 Å². The third-order valence-electron chi connectivity index (χ3n) is 8.59. The number of fused-ring (bicyclic) bond motifs is 4. The highest BCUT2D eigenvalue weighted by Crippen LogP contribution is 2.42. The fraction of sp³-hybridized carbons (Fsp3) is 0.519. The molecule has 0 aromatic carbocycles. The van der Waals surface area contributed by atoms with Crippen molar-refractivity contribution < 1.29 is 4.79 Å². The normalized spacial score (nSPS) is 23.6. The zero-order chi connectivity index (χ0) is 24.6. The van der Waals surface area contributed by atoms with Crippen LogP contribution in [0.15, 0.2) is 24.3 Å². The number of hydrogen-bond acceptors (Lipinski definition) is 7. The van der Waals surface area contributed by atoms with Gasteiger partial charge in [0.25, 0.3) is 5.91 Å². The monoisotopic (exact) mass is 484 g/mol. The van der Waals surface area contributed by atoms with Crippen LogP contribution in [0.1, 0.15) is 73.4 Å². The van der Waals surface area contributed by atoms with Gasteiger partial charge in [-0.05, 0) is 71.2 Å². The van der Waals surface area contributed by atoms with Crippen molar-refractivity contribution in [1.29, 1.82) is 0 Å². The Kier molecular flexibility index (Phi) is 4.77. The summed E-state index contributed by atoms with van der Waals surface area (Å²) in [6.07, 6.45) is 6.86. The summed E-state index contributed by atoms with van der Waals surface area (Å²) in [7, 11) is 1.93. The average Bonchev–Trinajstić information content (AvgIpc) is 3.68. The molecule has 2 fully saturated rings. The number of hydrogen-bond donors (Lipinski definition) is 1. The van der Waals surface area contributed by atoms with Crippen molar-refractivity contribution in [3.8, 4) is 11.5 Å². The summed E-state index contributed by atoms with van der Waals surface area (Å²) in [5, 5.41) is 12.1. The number of amides is 1. The predicted molar refractivity (Wildman–Crippen MR) is 137 cm³/mol. The summed E-state index contributed by atoms with van der Waals surface area (Å²) < 4.78 is 2.20. The molecule has 0 atom stereocenters. The Morgan fingerprint density at radius 2 is 1.83 bits per heavy atom. The van der Waals surface area contributed by atoms with Crippen LogP contribution in [0.25, 0.3) is 11.5 Å². The van der Waals surface area contributed by atoms with Crippen LogP contribution in [0.2, 0.25) is 0 Å². The molecular formula is C27H32N8O. The van der Waals surface area contributed by atoms with Gasteiger partial charge in [0.15, 0.2) is 5.82 Å². The molecule has 0 radical (unpaired) electrons. The first-order chi connectivity index (χ1) is 17.4. The second-order valence-corrected chi connectivity index (χ2v) is 11.2. The molecule has 4 aliphatic rings. The van der Waals surface area contributed by atoms with E-state index >= 15 is 0 Å². The van der Waals surface area contributed by atoms with E-state index in [1.165, 1.54) is 25.7 Å². The molecule has 2 saturated heterocycles. The van der Waals surface area contributed by atoms with Crippen LogP contribution in [0, 0.1) is 0 Å². The Hall–Kier alpha value is -3.33. The smallest absolute Gasteiger partial charge is 0.260 e. The summed E-state index contributed by atoms with van der Waals surface area (Å²) in [6, 6.07) is 8.97. The summed E-state index contributed by atoms with van der Waals surface area (Å²) in [5.74, 6) is 3.36. The number of anilines is 2. The number of carbonyl (C=O) groups is 1. The minimum absolute atomic E-state index is 0.00556. The van der Waals surface area contributed by atoms with Gasteiger partial charge in [0, 0.05) is 36.2 Å². The van der Waals surface area contributed by atoms with Crippen molar-refractivity contribution in [3.63, 3.8) is 0 Å². The van der Waals surface area contributed by atoms with Crippen LogP contribution in [0.5, 0.6) is 0 Å². The topological polar surface area (TPSA) is 92.1 Å². The summed E-state index contributed by atoms with van der Waals surface area (Å²) >= 11 is 0. The number of nitrogens with one attached hydrogen (secondary N) is 1. The Bertz CT molecular complexity index is 1360. The Morgan fingerprint density at radius 1 is 1.06 bits per heavy atom. The van der Waals surface area contributed by atoms with Crippen molar-refractivity contribution in [2.24, 2.45) is 0 Å². The van der Waals surface area contributed by atoms with E-state index in [-0.39, 0.29) is 11.4 Å². The predicted octanol–water partition coefficient (Wildman–Crippen LogP) is 3.43. The zero-order valence-corrected chi connectivity index (χ0v) is 21.2. The lowest BCUT2D eigenvalue weighted by Gasteiger charge is -2.24. The maximum absolute atomic E-state index is 13.8. The third kappa shape index (κ3) is 3.14. The lowest BCUT2D eigenvalue weighted by atomic mass is 10.0. The van der Waals surface area contributed by atoms with Crippen molar-refractivity contribution in [3.05, 3.63) is 46.9 Å². The largest absolute Gasteiger partial charge is 0.351 e. The zero-order valence-electron chi connectivity index (χ0n) is 21.2. The number of rotatable bonds is 5. The first kappa shape index (κ1) is 21.9. The van der Waals surface area contributed by atoms with E-state index in [1.807, 2.05) is 31.3 Å². The van der Waals surface area contributed by atoms with Gasteiger partial charge in [0.05, 0.1) is 17.8 Å². The molecule has 0 spiro atoms. The van der Waals surface area contributed by atoms with Crippen LogP contribution in [0.4, 0.5) is 11.6 Å². The van der Waals surface area contributed by atoms with E-state index < -0.39 is 0 Å². The van der Waals surface area contributed by atoms with Crippen molar-refractivity contribution in [2.75, 3.05) is 16.8 Å². The molecule has 9 heteroatoms. The highest BCUT2D eigenvalue weighted by molar-refractivity contribution is 6.10. The van der Waals surface area contributed by atoms with Gasteiger partial charge in [-0.15, -0.1) is 10.2 Å². The van der Waals surface area contributed by atoms with E-state index in [9.17, 15) is 4.79 Å². The van der Waals surface area contributed by atoms with Crippen LogP contribution in [-0.2, 0) is 25.0 Å². The number of carbonyl (C=O) groups excluding carboxylic acids is 1. The van der Waals surface area contributed by atoms with Gasteiger partial charge in [-0.3, -0.25) is 9.69 Å². The van der Waals surface area contributed by atoms with Crippen molar-refractivity contribution >= 4 is 17.5 Å². The molecule has 1 N–H and O–H groups in total. The standard InChI is InChI=1S/C27H32N8O/c1-27(2)12-11-23-31-32-25(35(23)27)20-5-4-6-22(29-20)33-15-19-18(26(33)36)13-24(30-21(19)14-28-3)34-16-7-8-17(34)10-9-16/h4-6,13,16-17,28H,7-12,14-15H2,1-3H3. The van der Waals surface area contributed by atoms with Gasteiger partial charge in [0.1, 0.15) is 23.2 Å². The summed E-state index contributed by atoms with van der Waals surface area (Å²) in [4.78, 5) is 28.0. The third-order valence-corrected chi connectivity index (χ3v) is 8.59. The van der Waals surface area contributed by atoms with E-state index in [4.69, 9.17) is 9.97 Å². The Morgan fingerprint density at radius 3 is 2.58 bits per heavy atom. The second kappa shape index (κ2) is 7.83. The van der Waals surface area contributed by atoms with E-state index in [0.29, 0.717) is 31.0 Å². The first-order valence-electron chi connectivity index (χ1n) is 13.1. The fourth-order valence-corrected chi connectivity index (χ4v) is 6.78. The molecule has 3 aromatic rings. The van der Waals surface area contributed by atoms with Crippen molar-refractivity contribution in [1.82, 2.24) is 30.0 Å².